The molecule has 2 rings (SSSR count). The highest BCUT2D eigenvalue weighted by molar-refractivity contribution is 5.90. The highest BCUT2D eigenvalue weighted by Gasteiger charge is 2.14. The summed E-state index contributed by atoms with van der Waals surface area (Å²) in [5.41, 5.74) is 1.01. The summed E-state index contributed by atoms with van der Waals surface area (Å²) in [5.74, 6) is 0. The molecule has 0 atom stereocenters. The molecule has 1 fully saturated rings. The summed E-state index contributed by atoms with van der Waals surface area (Å²) in [4.78, 5) is 16.0. The van der Waals surface area contributed by atoms with Crippen LogP contribution in [-0.4, -0.2) is 62.3 Å². The number of hydrogen-bond donors (Lipinski definition) is 1. The van der Waals surface area contributed by atoms with Gasteiger partial charge < -0.3 is 15.0 Å². The van der Waals surface area contributed by atoms with E-state index < -0.39 is 0 Å². The fourth-order valence-corrected chi connectivity index (χ4v) is 2.12. The Labute approximate surface area is 124 Å². The number of benzene rings is 1. The van der Waals surface area contributed by atoms with Gasteiger partial charge in [0.05, 0.1) is 24.5 Å². The molecule has 6 nitrogen and oxygen atoms in total. The molecular weight excluding hydrogens is 268 g/mol. The lowest BCUT2D eigenvalue weighted by molar-refractivity contribution is 0.0359. The number of nitriles is 1. The molecule has 1 heterocycles. The van der Waals surface area contributed by atoms with Gasteiger partial charge in [0.1, 0.15) is 6.07 Å². The Kier molecular flexibility index (Phi) is 5.55. The number of likely N-dealkylation sites (N-methyl/N-ethyl adjacent to an activating group) is 1. The van der Waals surface area contributed by atoms with Crippen molar-refractivity contribution in [2.24, 2.45) is 0 Å². The highest BCUT2D eigenvalue weighted by atomic mass is 16.5. The molecule has 0 spiro atoms. The van der Waals surface area contributed by atoms with Crippen molar-refractivity contribution in [1.82, 2.24) is 9.80 Å². The van der Waals surface area contributed by atoms with E-state index in [2.05, 4.69) is 16.3 Å². The molecule has 0 bridgehead atoms. The van der Waals surface area contributed by atoms with Crippen molar-refractivity contribution in [2.45, 2.75) is 0 Å². The minimum absolute atomic E-state index is 0.203. The Hall–Kier alpha value is -2.10. The molecule has 1 saturated heterocycles. The summed E-state index contributed by atoms with van der Waals surface area (Å²) in [6.45, 7) is 4.80. The third-order valence-corrected chi connectivity index (χ3v) is 3.49. The second-order valence-corrected chi connectivity index (χ2v) is 4.96. The smallest absolute Gasteiger partial charge is 0.321 e. The van der Waals surface area contributed by atoms with Gasteiger partial charge in [-0.2, -0.15) is 5.26 Å². The number of nitrogens with one attached hydrogen (secondary N) is 1. The third-order valence-electron chi connectivity index (χ3n) is 3.49. The Morgan fingerprint density at radius 1 is 1.43 bits per heavy atom. The molecule has 0 aromatic heterocycles. The molecule has 1 aliphatic heterocycles. The third kappa shape index (κ3) is 4.45. The zero-order valence-corrected chi connectivity index (χ0v) is 12.2. The van der Waals surface area contributed by atoms with E-state index in [-0.39, 0.29) is 6.03 Å². The molecule has 1 aliphatic rings. The predicted molar refractivity (Wildman–Crippen MR) is 80.1 cm³/mol. The number of morpholine rings is 1. The van der Waals surface area contributed by atoms with Crippen LogP contribution in [0.3, 0.4) is 0 Å². The number of rotatable bonds is 4. The number of urea groups is 1. The minimum Gasteiger partial charge on any atom is -0.379 e. The molecule has 6 heteroatoms. The second-order valence-electron chi connectivity index (χ2n) is 4.96. The number of amides is 2. The number of carbonyl (C=O) groups excluding carboxylic acids is 1. The summed E-state index contributed by atoms with van der Waals surface area (Å²) in [6, 6.07) is 8.85. The first-order valence-electron chi connectivity index (χ1n) is 7.02. The van der Waals surface area contributed by atoms with E-state index in [1.54, 1.807) is 36.2 Å². The summed E-state index contributed by atoms with van der Waals surface area (Å²) in [6.07, 6.45) is 0. The summed E-state index contributed by atoms with van der Waals surface area (Å²) in [5, 5.41) is 11.8. The van der Waals surface area contributed by atoms with Gasteiger partial charge in [-0.3, -0.25) is 4.90 Å². The largest absolute Gasteiger partial charge is 0.379 e. The van der Waals surface area contributed by atoms with E-state index in [0.717, 1.165) is 32.8 Å². The molecule has 21 heavy (non-hydrogen) atoms. The van der Waals surface area contributed by atoms with Crippen LogP contribution in [0.15, 0.2) is 24.3 Å². The topological polar surface area (TPSA) is 68.6 Å². The van der Waals surface area contributed by atoms with Crippen molar-refractivity contribution in [2.75, 3.05) is 51.8 Å². The van der Waals surface area contributed by atoms with Gasteiger partial charge in [0.2, 0.25) is 0 Å². The van der Waals surface area contributed by atoms with E-state index in [9.17, 15) is 4.79 Å². The van der Waals surface area contributed by atoms with Gasteiger partial charge in [-0.1, -0.05) is 12.1 Å². The van der Waals surface area contributed by atoms with Crippen molar-refractivity contribution >= 4 is 11.7 Å². The highest BCUT2D eigenvalue weighted by Crippen LogP contribution is 2.13. The van der Waals surface area contributed by atoms with E-state index in [1.165, 1.54) is 0 Å². The average molecular weight is 288 g/mol. The Morgan fingerprint density at radius 3 is 2.86 bits per heavy atom. The molecular formula is C15H20N4O2. The maximum absolute atomic E-state index is 12.1. The number of ether oxygens (including phenoxy) is 1. The van der Waals surface area contributed by atoms with Crippen LogP contribution in [0.2, 0.25) is 0 Å². The Balaban J connectivity index is 1.83. The maximum atomic E-state index is 12.1. The minimum atomic E-state index is -0.203. The normalized spacial score (nSPS) is 15.2. The zero-order chi connectivity index (χ0) is 15.1. The van der Waals surface area contributed by atoms with Gasteiger partial charge in [-0.15, -0.1) is 0 Å². The summed E-state index contributed by atoms with van der Waals surface area (Å²) < 4.78 is 5.29. The maximum Gasteiger partial charge on any atom is 0.321 e. The van der Waals surface area contributed by atoms with Gasteiger partial charge in [-0.25, -0.2) is 4.79 Å². The lowest BCUT2D eigenvalue weighted by atomic mass is 10.2. The number of carbonyl (C=O) groups is 1. The fraction of sp³-hybridized carbons (Fsp3) is 0.467. The molecule has 0 aliphatic carbocycles. The van der Waals surface area contributed by atoms with Crippen LogP contribution < -0.4 is 5.32 Å². The standard InChI is InChI=1S/C15H20N4O2/c1-18(6-7-19-8-10-21-11-9-19)15(20)17-14-5-3-2-4-13(14)12-16/h2-5H,6-11H2,1H3,(H,17,20). The number of nitrogens with zero attached hydrogens (tertiary/aromatic N) is 3. The van der Waals surface area contributed by atoms with Crippen LogP contribution in [0.5, 0.6) is 0 Å². The Morgan fingerprint density at radius 2 is 2.14 bits per heavy atom. The molecule has 1 N–H and O–H groups in total. The van der Waals surface area contributed by atoms with Crippen molar-refractivity contribution < 1.29 is 9.53 Å². The van der Waals surface area contributed by atoms with Crippen LogP contribution in [0.4, 0.5) is 10.5 Å². The van der Waals surface area contributed by atoms with Crippen molar-refractivity contribution in [3.63, 3.8) is 0 Å². The van der Waals surface area contributed by atoms with Gasteiger partial charge in [-0.05, 0) is 12.1 Å². The van der Waals surface area contributed by atoms with Gasteiger partial charge in [0, 0.05) is 33.2 Å². The van der Waals surface area contributed by atoms with Crippen molar-refractivity contribution in [3.8, 4) is 6.07 Å². The van der Waals surface area contributed by atoms with Crippen LogP contribution in [0.1, 0.15) is 5.56 Å². The molecule has 2 amide bonds. The molecule has 0 radical (unpaired) electrons. The van der Waals surface area contributed by atoms with Crippen molar-refractivity contribution in [3.05, 3.63) is 29.8 Å². The number of anilines is 1. The van der Waals surface area contributed by atoms with E-state index >= 15 is 0 Å². The van der Waals surface area contributed by atoms with E-state index in [4.69, 9.17) is 10.00 Å². The Bertz CT molecular complexity index is 521. The summed E-state index contributed by atoms with van der Waals surface area (Å²) >= 11 is 0. The first kappa shape index (κ1) is 15.3. The van der Waals surface area contributed by atoms with Crippen LogP contribution in [-0.2, 0) is 4.74 Å². The fourth-order valence-electron chi connectivity index (χ4n) is 2.12. The van der Waals surface area contributed by atoms with E-state index in [0.29, 0.717) is 17.8 Å². The molecule has 0 unspecified atom stereocenters. The zero-order valence-electron chi connectivity index (χ0n) is 12.2. The van der Waals surface area contributed by atoms with Gasteiger partial charge in [0.25, 0.3) is 0 Å². The van der Waals surface area contributed by atoms with Crippen LogP contribution in [0.25, 0.3) is 0 Å². The van der Waals surface area contributed by atoms with E-state index in [1.807, 2.05) is 0 Å². The van der Waals surface area contributed by atoms with Crippen LogP contribution >= 0.6 is 0 Å². The van der Waals surface area contributed by atoms with Crippen LogP contribution in [0, 0.1) is 11.3 Å². The SMILES string of the molecule is CN(CCN1CCOCC1)C(=O)Nc1ccccc1C#N. The van der Waals surface area contributed by atoms with Crippen molar-refractivity contribution in [1.29, 1.82) is 5.26 Å². The number of hydrogen-bond acceptors (Lipinski definition) is 4. The van der Waals surface area contributed by atoms with Gasteiger partial charge >= 0.3 is 6.03 Å². The first-order valence-corrected chi connectivity index (χ1v) is 7.02. The predicted octanol–water partition coefficient (Wildman–Crippen LogP) is 1.35. The first-order chi connectivity index (χ1) is 10.2. The lowest BCUT2D eigenvalue weighted by Crippen LogP contribution is -2.42. The monoisotopic (exact) mass is 288 g/mol. The second kappa shape index (κ2) is 7.62. The molecule has 1 aromatic rings. The molecule has 112 valence electrons. The van der Waals surface area contributed by atoms with Gasteiger partial charge in [0.15, 0.2) is 0 Å². The number of para-hydroxylation sites is 1. The quantitative estimate of drug-likeness (QED) is 0.908. The molecule has 0 saturated carbocycles. The molecule has 1 aromatic carbocycles. The average Bonchev–Trinajstić information content (AvgIpc) is 2.54. The lowest BCUT2D eigenvalue weighted by Gasteiger charge is -2.28. The summed E-state index contributed by atoms with van der Waals surface area (Å²) in [7, 11) is 1.75.